The van der Waals surface area contributed by atoms with Crippen LogP contribution < -0.4 is 20.5 Å². The summed E-state index contributed by atoms with van der Waals surface area (Å²) in [5, 5.41) is 12.8. The summed E-state index contributed by atoms with van der Waals surface area (Å²) in [5.74, 6) is 0.0804. The molecule has 1 aliphatic heterocycles. The Kier molecular flexibility index (Phi) is 8.07. The third-order valence-electron chi connectivity index (χ3n) is 6.59. The van der Waals surface area contributed by atoms with E-state index in [0.717, 1.165) is 11.1 Å². The van der Waals surface area contributed by atoms with Crippen LogP contribution in [0.3, 0.4) is 0 Å². The molecule has 0 saturated carbocycles. The number of anilines is 1. The van der Waals surface area contributed by atoms with E-state index in [1.807, 2.05) is 52.8 Å². The number of ketones is 1. The molecule has 204 valence electrons. The number of carbonyl (C=O) groups excluding carboxylic acids is 2. The number of Topliss-reactive ketones (excluding diaryl/α,β-unsaturated/α-hetero) is 1. The molecular formula is C30H32BrN3O5. The van der Waals surface area contributed by atoms with Gasteiger partial charge in [-0.05, 0) is 83.1 Å². The van der Waals surface area contributed by atoms with Gasteiger partial charge in [0.15, 0.2) is 23.9 Å². The number of amides is 1. The summed E-state index contributed by atoms with van der Waals surface area (Å²) in [7, 11) is 0. The van der Waals surface area contributed by atoms with E-state index < -0.39 is 5.92 Å². The van der Waals surface area contributed by atoms with Gasteiger partial charge in [-0.3, -0.25) is 9.59 Å². The number of nitriles is 1. The summed E-state index contributed by atoms with van der Waals surface area (Å²) in [6.45, 7) is 9.84. The molecule has 1 aliphatic carbocycles. The summed E-state index contributed by atoms with van der Waals surface area (Å²) < 4.78 is 18.1. The molecule has 2 aromatic carbocycles. The van der Waals surface area contributed by atoms with E-state index in [-0.39, 0.29) is 35.2 Å². The molecule has 3 N–H and O–H groups in total. The Labute approximate surface area is 236 Å². The number of hydrogen-bond acceptors (Lipinski definition) is 7. The largest absolute Gasteiger partial charge is 0.490 e. The molecule has 0 spiro atoms. The van der Waals surface area contributed by atoms with Gasteiger partial charge in [-0.1, -0.05) is 19.9 Å². The van der Waals surface area contributed by atoms with E-state index in [4.69, 9.17) is 19.9 Å². The number of allylic oxidation sites excluding steroid dienone is 3. The number of aryl methyl sites for hydroxylation is 2. The highest BCUT2D eigenvalue weighted by Crippen LogP contribution is 2.50. The van der Waals surface area contributed by atoms with Crippen LogP contribution in [-0.4, -0.2) is 24.9 Å². The van der Waals surface area contributed by atoms with E-state index >= 15 is 0 Å². The predicted molar refractivity (Wildman–Crippen MR) is 151 cm³/mol. The lowest BCUT2D eigenvalue weighted by Gasteiger charge is -2.37. The molecule has 8 nitrogen and oxygen atoms in total. The quantitative estimate of drug-likeness (QED) is 0.407. The molecule has 2 aromatic rings. The Bertz CT molecular complexity index is 1430. The third kappa shape index (κ3) is 6.12. The lowest BCUT2D eigenvalue weighted by Crippen LogP contribution is -2.33. The molecule has 9 heteroatoms. The number of carbonyl (C=O) groups is 2. The second-order valence-electron chi connectivity index (χ2n) is 10.7. The molecule has 0 fully saturated rings. The Balaban J connectivity index is 1.66. The average Bonchev–Trinajstić information content (AvgIpc) is 2.81. The van der Waals surface area contributed by atoms with Crippen LogP contribution in [0.15, 0.2) is 57.6 Å². The van der Waals surface area contributed by atoms with Crippen LogP contribution in [0, 0.1) is 30.6 Å². The highest BCUT2D eigenvalue weighted by Gasteiger charge is 2.43. The summed E-state index contributed by atoms with van der Waals surface area (Å²) in [6, 6.07) is 11.4. The number of nitrogens with zero attached hydrogens (tertiary/aromatic N) is 1. The first-order valence-corrected chi connectivity index (χ1v) is 13.5. The van der Waals surface area contributed by atoms with Crippen LogP contribution in [-0.2, 0) is 14.3 Å². The van der Waals surface area contributed by atoms with Gasteiger partial charge in [-0.15, -0.1) is 0 Å². The molecule has 1 atom stereocenters. The maximum Gasteiger partial charge on any atom is 0.262 e. The number of halogens is 1. The lowest BCUT2D eigenvalue weighted by atomic mass is 9.70. The second kappa shape index (κ2) is 11.1. The summed E-state index contributed by atoms with van der Waals surface area (Å²) >= 11 is 3.55. The Hall–Kier alpha value is -3.77. The Morgan fingerprint density at radius 1 is 1.18 bits per heavy atom. The lowest BCUT2D eigenvalue weighted by molar-refractivity contribution is -0.119. The molecule has 1 unspecified atom stereocenters. The Morgan fingerprint density at radius 3 is 2.51 bits per heavy atom. The van der Waals surface area contributed by atoms with Crippen LogP contribution in [0.25, 0.3) is 0 Å². The zero-order valence-corrected chi connectivity index (χ0v) is 24.3. The van der Waals surface area contributed by atoms with Gasteiger partial charge < -0.3 is 25.3 Å². The van der Waals surface area contributed by atoms with Crippen LogP contribution in [0.4, 0.5) is 5.69 Å². The van der Waals surface area contributed by atoms with Gasteiger partial charge in [0.05, 0.1) is 17.0 Å². The van der Waals surface area contributed by atoms with Crippen molar-refractivity contribution in [3.05, 3.63) is 74.3 Å². The van der Waals surface area contributed by atoms with Gasteiger partial charge in [0.1, 0.15) is 17.4 Å². The first-order valence-electron chi connectivity index (χ1n) is 12.7. The predicted octanol–water partition coefficient (Wildman–Crippen LogP) is 5.93. The fourth-order valence-electron chi connectivity index (χ4n) is 5.16. The molecule has 0 radical (unpaired) electrons. The van der Waals surface area contributed by atoms with Gasteiger partial charge in [0, 0.05) is 24.1 Å². The van der Waals surface area contributed by atoms with Crippen LogP contribution in [0.5, 0.6) is 11.5 Å². The molecule has 0 saturated heterocycles. The van der Waals surface area contributed by atoms with Crippen molar-refractivity contribution in [2.75, 3.05) is 18.5 Å². The fraction of sp³-hybridized carbons (Fsp3) is 0.367. The van der Waals surface area contributed by atoms with Gasteiger partial charge >= 0.3 is 0 Å². The van der Waals surface area contributed by atoms with Gasteiger partial charge in [0.25, 0.3) is 5.91 Å². The molecule has 0 aromatic heterocycles. The van der Waals surface area contributed by atoms with Gasteiger partial charge in [0.2, 0.25) is 5.88 Å². The topological polar surface area (TPSA) is 124 Å². The van der Waals surface area contributed by atoms with Gasteiger partial charge in [-0.2, -0.15) is 5.26 Å². The normalized spacial score (nSPS) is 18.2. The van der Waals surface area contributed by atoms with Crippen LogP contribution in [0.1, 0.15) is 56.2 Å². The van der Waals surface area contributed by atoms with Crippen molar-refractivity contribution in [3.8, 4) is 17.6 Å². The first-order chi connectivity index (χ1) is 18.4. The number of benzene rings is 2. The molecule has 2 aliphatic rings. The van der Waals surface area contributed by atoms with E-state index in [1.54, 1.807) is 12.1 Å². The summed E-state index contributed by atoms with van der Waals surface area (Å²) in [6.07, 6.45) is 0.862. The van der Waals surface area contributed by atoms with Crippen molar-refractivity contribution >= 4 is 33.3 Å². The Morgan fingerprint density at radius 2 is 1.87 bits per heavy atom. The monoisotopic (exact) mass is 593 g/mol. The second-order valence-corrected chi connectivity index (χ2v) is 11.5. The maximum atomic E-state index is 13.3. The average molecular weight is 595 g/mol. The number of hydrogen-bond donors (Lipinski definition) is 2. The molecule has 1 heterocycles. The molecule has 4 rings (SSSR count). The third-order valence-corrected chi connectivity index (χ3v) is 7.18. The van der Waals surface area contributed by atoms with Crippen molar-refractivity contribution in [1.82, 2.24) is 0 Å². The van der Waals surface area contributed by atoms with E-state index in [1.165, 1.54) is 0 Å². The van der Waals surface area contributed by atoms with E-state index in [0.29, 0.717) is 58.0 Å². The van der Waals surface area contributed by atoms with Crippen molar-refractivity contribution < 1.29 is 23.8 Å². The van der Waals surface area contributed by atoms with Crippen LogP contribution in [0.2, 0.25) is 0 Å². The number of ether oxygens (including phenoxy) is 3. The summed E-state index contributed by atoms with van der Waals surface area (Å²) in [4.78, 5) is 26.0. The minimum atomic E-state index is -0.709. The van der Waals surface area contributed by atoms with Crippen LogP contribution >= 0.6 is 15.9 Å². The zero-order valence-electron chi connectivity index (χ0n) is 22.7. The number of nitrogens with two attached hydrogens (primary N) is 1. The minimum Gasteiger partial charge on any atom is -0.490 e. The van der Waals surface area contributed by atoms with E-state index in [9.17, 15) is 14.9 Å². The SMILES string of the molecule is CCOc1cc(C2C(C#N)=C(N)OC3=C2C(=O)CC(C)(C)C3)cc(Br)c1OCC(=O)Nc1cc(C)cc(C)c1. The highest BCUT2D eigenvalue weighted by molar-refractivity contribution is 9.10. The molecule has 0 bridgehead atoms. The maximum absolute atomic E-state index is 13.3. The highest BCUT2D eigenvalue weighted by atomic mass is 79.9. The molecular weight excluding hydrogens is 562 g/mol. The zero-order chi connectivity index (χ0) is 28.5. The number of rotatable bonds is 7. The van der Waals surface area contributed by atoms with Crippen molar-refractivity contribution in [1.29, 1.82) is 5.26 Å². The fourth-order valence-corrected chi connectivity index (χ4v) is 5.73. The standard InChI is InChI=1S/C30H32BrN3O5/c1-6-37-23-11-18(26-20(14-32)29(33)39-24-13-30(4,5)12-22(35)27(24)26)10-21(31)28(23)38-15-25(36)34-19-8-16(2)7-17(3)9-19/h7-11,26H,6,12-13,15,33H2,1-5H3,(H,34,36). The summed E-state index contributed by atoms with van der Waals surface area (Å²) in [5.41, 5.74) is 9.89. The van der Waals surface area contributed by atoms with Crippen molar-refractivity contribution in [2.24, 2.45) is 11.1 Å². The molecule has 1 amide bonds. The smallest absolute Gasteiger partial charge is 0.262 e. The van der Waals surface area contributed by atoms with E-state index in [2.05, 4.69) is 27.3 Å². The number of nitrogens with one attached hydrogen (secondary N) is 1. The first kappa shape index (κ1) is 28.2. The molecule has 39 heavy (non-hydrogen) atoms. The van der Waals surface area contributed by atoms with Crippen molar-refractivity contribution in [2.45, 2.75) is 53.4 Å². The van der Waals surface area contributed by atoms with Gasteiger partial charge in [-0.25, -0.2) is 0 Å². The minimum absolute atomic E-state index is 0.00999. The van der Waals surface area contributed by atoms with Crippen molar-refractivity contribution in [3.63, 3.8) is 0 Å².